The van der Waals surface area contributed by atoms with Crippen molar-refractivity contribution in [2.24, 2.45) is 0 Å². The van der Waals surface area contributed by atoms with E-state index in [1.165, 1.54) is 18.0 Å². The lowest BCUT2D eigenvalue weighted by atomic mass is 10.1. The molecule has 1 atom stereocenters. The third-order valence-corrected chi connectivity index (χ3v) is 6.18. The number of furan rings is 1. The second kappa shape index (κ2) is 10.2. The van der Waals surface area contributed by atoms with Crippen LogP contribution in [-0.2, 0) is 4.79 Å². The van der Waals surface area contributed by atoms with Crippen LogP contribution in [0.2, 0.25) is 5.02 Å². The Balaban J connectivity index is 1.50. The number of nitrogens with one attached hydrogen (secondary N) is 2. The zero-order valence-corrected chi connectivity index (χ0v) is 18.4. The van der Waals surface area contributed by atoms with Crippen LogP contribution in [0.15, 0.2) is 107 Å². The Hall–Kier alpha value is -3.48. The van der Waals surface area contributed by atoms with Gasteiger partial charge in [-0.15, -0.1) is 11.8 Å². The van der Waals surface area contributed by atoms with E-state index in [9.17, 15) is 9.59 Å². The summed E-state index contributed by atoms with van der Waals surface area (Å²) >= 11 is 7.63. The van der Waals surface area contributed by atoms with Gasteiger partial charge in [-0.05, 0) is 54.1 Å². The number of hydrogen-bond acceptors (Lipinski definition) is 4. The zero-order chi connectivity index (χ0) is 22.3. The van der Waals surface area contributed by atoms with Crippen molar-refractivity contribution in [1.82, 2.24) is 0 Å². The first-order valence-electron chi connectivity index (χ1n) is 9.82. The third-order valence-electron chi connectivity index (χ3n) is 4.58. The Labute approximate surface area is 194 Å². The molecule has 32 heavy (non-hydrogen) atoms. The van der Waals surface area contributed by atoms with Crippen molar-refractivity contribution in [3.8, 4) is 0 Å². The highest BCUT2D eigenvalue weighted by atomic mass is 35.5. The van der Waals surface area contributed by atoms with Gasteiger partial charge in [0.2, 0.25) is 5.91 Å². The first kappa shape index (κ1) is 21.7. The van der Waals surface area contributed by atoms with Crippen molar-refractivity contribution >= 4 is 46.6 Å². The molecule has 0 saturated heterocycles. The fourth-order valence-electron chi connectivity index (χ4n) is 3.01. The second-order valence-corrected chi connectivity index (χ2v) is 8.42. The number of hydrogen-bond donors (Lipinski definition) is 2. The maximum Gasteiger partial charge on any atom is 0.291 e. The van der Waals surface area contributed by atoms with Gasteiger partial charge < -0.3 is 15.1 Å². The topological polar surface area (TPSA) is 71.3 Å². The molecule has 0 radical (unpaired) electrons. The van der Waals surface area contributed by atoms with E-state index < -0.39 is 5.25 Å². The summed E-state index contributed by atoms with van der Waals surface area (Å²) in [5.41, 5.74) is 2.07. The molecule has 4 aromatic rings. The van der Waals surface area contributed by atoms with Gasteiger partial charge >= 0.3 is 0 Å². The number of carbonyl (C=O) groups excluding carboxylic acids is 2. The van der Waals surface area contributed by atoms with Gasteiger partial charge in [-0.1, -0.05) is 54.1 Å². The van der Waals surface area contributed by atoms with E-state index in [1.54, 1.807) is 36.4 Å². The number of para-hydroxylation sites is 1. The van der Waals surface area contributed by atoms with E-state index in [1.807, 2.05) is 54.6 Å². The fourth-order valence-corrected chi connectivity index (χ4v) is 4.22. The van der Waals surface area contributed by atoms with E-state index in [0.717, 1.165) is 10.5 Å². The molecule has 1 heterocycles. The van der Waals surface area contributed by atoms with Gasteiger partial charge in [-0.3, -0.25) is 9.59 Å². The molecule has 3 aromatic carbocycles. The highest BCUT2D eigenvalue weighted by Crippen LogP contribution is 2.37. The number of carbonyl (C=O) groups is 2. The van der Waals surface area contributed by atoms with E-state index in [0.29, 0.717) is 16.4 Å². The third kappa shape index (κ3) is 5.41. The summed E-state index contributed by atoms with van der Waals surface area (Å²) in [6, 6.07) is 27.2. The van der Waals surface area contributed by atoms with Gasteiger partial charge in [0.1, 0.15) is 5.25 Å². The van der Waals surface area contributed by atoms with Crippen molar-refractivity contribution < 1.29 is 14.0 Å². The second-order valence-electron chi connectivity index (χ2n) is 6.83. The summed E-state index contributed by atoms with van der Waals surface area (Å²) < 4.78 is 5.11. The average molecular weight is 463 g/mol. The van der Waals surface area contributed by atoms with E-state index in [4.69, 9.17) is 16.0 Å². The van der Waals surface area contributed by atoms with Gasteiger partial charge in [0.25, 0.3) is 5.91 Å². The molecule has 1 aromatic heterocycles. The summed E-state index contributed by atoms with van der Waals surface area (Å²) in [6.45, 7) is 0. The van der Waals surface area contributed by atoms with Crippen LogP contribution >= 0.6 is 23.4 Å². The molecule has 4 rings (SSSR count). The van der Waals surface area contributed by atoms with Gasteiger partial charge in [0.15, 0.2) is 5.76 Å². The Kier molecular flexibility index (Phi) is 6.94. The van der Waals surface area contributed by atoms with Crippen LogP contribution in [0.4, 0.5) is 11.4 Å². The quantitative estimate of drug-likeness (QED) is 0.301. The van der Waals surface area contributed by atoms with Crippen molar-refractivity contribution in [3.05, 3.63) is 114 Å². The first-order chi connectivity index (χ1) is 15.6. The van der Waals surface area contributed by atoms with E-state index in [2.05, 4.69) is 10.6 Å². The molecule has 2 N–H and O–H groups in total. The minimum atomic E-state index is -0.490. The summed E-state index contributed by atoms with van der Waals surface area (Å²) in [5, 5.41) is 5.70. The number of halogens is 1. The molecule has 0 aliphatic carbocycles. The predicted octanol–water partition coefficient (Wildman–Crippen LogP) is 6.66. The molecular formula is C25H19ClN2O3S. The smallest absolute Gasteiger partial charge is 0.291 e. The Morgan fingerprint density at radius 1 is 0.812 bits per heavy atom. The summed E-state index contributed by atoms with van der Waals surface area (Å²) in [5.74, 6) is -0.259. The number of anilines is 2. The maximum atomic E-state index is 13.2. The summed E-state index contributed by atoms with van der Waals surface area (Å²) in [7, 11) is 0. The van der Waals surface area contributed by atoms with Crippen molar-refractivity contribution in [2.45, 2.75) is 10.1 Å². The molecule has 0 saturated carbocycles. The largest absolute Gasteiger partial charge is 0.459 e. The number of benzene rings is 3. The van der Waals surface area contributed by atoms with Crippen LogP contribution in [0, 0.1) is 0 Å². The molecule has 0 aliphatic heterocycles. The lowest BCUT2D eigenvalue weighted by molar-refractivity contribution is -0.115. The highest BCUT2D eigenvalue weighted by molar-refractivity contribution is 8.00. The van der Waals surface area contributed by atoms with Crippen LogP contribution in [0.5, 0.6) is 0 Å². The molecule has 7 heteroatoms. The summed E-state index contributed by atoms with van der Waals surface area (Å²) in [4.78, 5) is 26.2. The van der Waals surface area contributed by atoms with E-state index >= 15 is 0 Å². The first-order valence-corrected chi connectivity index (χ1v) is 11.1. The molecule has 0 aliphatic rings. The Morgan fingerprint density at radius 3 is 2.22 bits per heavy atom. The van der Waals surface area contributed by atoms with Gasteiger partial charge in [-0.2, -0.15) is 0 Å². The van der Waals surface area contributed by atoms with Crippen LogP contribution in [0.3, 0.4) is 0 Å². The van der Waals surface area contributed by atoms with Crippen molar-refractivity contribution in [2.75, 3.05) is 10.6 Å². The van der Waals surface area contributed by atoms with E-state index in [-0.39, 0.29) is 17.6 Å². The van der Waals surface area contributed by atoms with Gasteiger partial charge in [-0.25, -0.2) is 0 Å². The highest BCUT2D eigenvalue weighted by Gasteiger charge is 2.23. The zero-order valence-electron chi connectivity index (χ0n) is 16.8. The lowest BCUT2D eigenvalue weighted by Crippen LogP contribution is -2.19. The lowest BCUT2D eigenvalue weighted by Gasteiger charge is -2.18. The Morgan fingerprint density at radius 2 is 1.53 bits per heavy atom. The molecule has 1 unspecified atom stereocenters. The molecule has 160 valence electrons. The minimum Gasteiger partial charge on any atom is -0.459 e. The van der Waals surface area contributed by atoms with Crippen molar-refractivity contribution in [1.29, 1.82) is 0 Å². The van der Waals surface area contributed by atoms with Crippen LogP contribution in [0.25, 0.3) is 0 Å². The number of amides is 2. The van der Waals surface area contributed by atoms with Gasteiger partial charge in [0, 0.05) is 10.6 Å². The molecule has 2 amide bonds. The van der Waals surface area contributed by atoms with Crippen LogP contribution < -0.4 is 10.6 Å². The minimum absolute atomic E-state index is 0.176. The standard InChI is InChI=1S/C25H19ClN2O3S/c26-20-9-4-5-10-21(20)28-25(30)23(17-7-2-1-3-8-17)32-19-14-12-18(13-15-19)27-24(29)22-11-6-16-31-22/h1-16,23H,(H,27,29)(H,28,30). The van der Waals surface area contributed by atoms with Crippen LogP contribution in [0.1, 0.15) is 21.4 Å². The van der Waals surface area contributed by atoms with Crippen molar-refractivity contribution in [3.63, 3.8) is 0 Å². The van der Waals surface area contributed by atoms with Gasteiger partial charge in [0.05, 0.1) is 17.0 Å². The number of rotatable bonds is 7. The summed E-state index contributed by atoms with van der Waals surface area (Å²) in [6.07, 6.45) is 1.45. The Bertz CT molecular complexity index is 1200. The molecule has 0 bridgehead atoms. The molecular weight excluding hydrogens is 444 g/mol. The number of thioether (sulfide) groups is 1. The average Bonchev–Trinajstić information content (AvgIpc) is 3.36. The SMILES string of the molecule is O=C(Nc1ccc(SC(C(=O)Nc2ccccc2Cl)c2ccccc2)cc1)c1ccco1. The molecule has 0 fully saturated rings. The molecule has 5 nitrogen and oxygen atoms in total. The fraction of sp³-hybridized carbons (Fsp3) is 0.0400. The maximum absolute atomic E-state index is 13.2. The molecule has 0 spiro atoms. The predicted molar refractivity (Wildman–Crippen MR) is 128 cm³/mol. The normalized spacial score (nSPS) is 11.5. The van der Waals surface area contributed by atoms with Crippen LogP contribution in [-0.4, -0.2) is 11.8 Å². The monoisotopic (exact) mass is 462 g/mol.